The van der Waals surface area contributed by atoms with Crippen molar-refractivity contribution < 1.29 is 18.9 Å². The van der Waals surface area contributed by atoms with Crippen LogP contribution in [0.1, 0.15) is 51.8 Å². The Hall–Kier alpha value is -2.42. The highest BCUT2D eigenvalue weighted by Crippen LogP contribution is 2.32. The van der Waals surface area contributed by atoms with Crippen LogP contribution < -0.4 is 10.2 Å². The molecular formula is C22H27ClN4O4. The van der Waals surface area contributed by atoms with E-state index in [0.29, 0.717) is 31.1 Å². The molecule has 3 aromatic rings. The summed E-state index contributed by atoms with van der Waals surface area (Å²) in [6.07, 6.45) is 3.41. The molecule has 3 heterocycles. The fraction of sp³-hybridized carbons (Fsp3) is 0.500. The fourth-order valence-electron chi connectivity index (χ4n) is 3.77. The zero-order valence-corrected chi connectivity index (χ0v) is 18.6. The van der Waals surface area contributed by atoms with Gasteiger partial charge in [-0.15, -0.1) is 11.6 Å². The summed E-state index contributed by atoms with van der Waals surface area (Å²) in [7, 11) is 0. The number of benzene rings is 1. The second kappa shape index (κ2) is 9.38. The topological polar surface area (TPSA) is 91.4 Å². The fourth-order valence-corrected chi connectivity index (χ4v) is 4.13. The van der Waals surface area contributed by atoms with E-state index in [1.54, 1.807) is 6.20 Å². The SMILES string of the molecule is CCCC(=O)On1ccc2c(-c3noc(C4CNC(OC(C)C)C(Cl)C4)n3)cccc21. The molecule has 31 heavy (non-hydrogen) atoms. The normalized spacial score (nSPS) is 21.6. The van der Waals surface area contributed by atoms with Gasteiger partial charge in [0.2, 0.25) is 11.7 Å². The van der Waals surface area contributed by atoms with Gasteiger partial charge in [0.1, 0.15) is 6.23 Å². The molecule has 1 aliphatic rings. The van der Waals surface area contributed by atoms with Crippen LogP contribution >= 0.6 is 11.6 Å². The summed E-state index contributed by atoms with van der Waals surface area (Å²) in [5.74, 6) is 0.772. The summed E-state index contributed by atoms with van der Waals surface area (Å²) in [5, 5.41) is 8.21. The number of hydrogen-bond donors (Lipinski definition) is 1. The second-order valence-corrected chi connectivity index (χ2v) is 8.57. The van der Waals surface area contributed by atoms with Crippen LogP contribution in [0, 0.1) is 0 Å². The maximum absolute atomic E-state index is 11.9. The van der Waals surface area contributed by atoms with Crippen LogP contribution in [0.2, 0.25) is 0 Å². The van der Waals surface area contributed by atoms with Crippen LogP contribution in [-0.4, -0.2) is 45.1 Å². The summed E-state index contributed by atoms with van der Waals surface area (Å²) >= 11 is 6.52. The quantitative estimate of drug-likeness (QED) is 0.550. The molecule has 1 N–H and O–H groups in total. The standard InChI is InChI=1S/C22H27ClN4O4/c1-4-6-19(28)31-27-10-9-15-16(7-5-8-18(15)27)20-25-21(30-26-20)14-11-17(23)22(24-12-14)29-13(2)3/h5,7-10,13-14,17,22,24H,4,6,11-12H2,1-3H3. The smallest absolute Gasteiger partial charge is 0.332 e. The van der Waals surface area contributed by atoms with Crippen LogP contribution in [0.25, 0.3) is 22.3 Å². The van der Waals surface area contributed by atoms with Crippen LogP contribution in [-0.2, 0) is 9.53 Å². The van der Waals surface area contributed by atoms with E-state index < -0.39 is 0 Å². The molecule has 3 unspecified atom stereocenters. The molecule has 1 saturated heterocycles. The number of nitrogens with one attached hydrogen (secondary N) is 1. The van der Waals surface area contributed by atoms with Crippen molar-refractivity contribution in [2.75, 3.05) is 6.54 Å². The van der Waals surface area contributed by atoms with E-state index in [2.05, 4.69) is 15.5 Å². The van der Waals surface area contributed by atoms with E-state index in [9.17, 15) is 4.79 Å². The Morgan fingerprint density at radius 1 is 1.39 bits per heavy atom. The Morgan fingerprint density at radius 2 is 2.23 bits per heavy atom. The minimum atomic E-state index is -0.271. The highest BCUT2D eigenvalue weighted by molar-refractivity contribution is 6.21. The van der Waals surface area contributed by atoms with Gasteiger partial charge >= 0.3 is 5.97 Å². The van der Waals surface area contributed by atoms with E-state index in [0.717, 1.165) is 22.9 Å². The number of nitrogens with zero attached hydrogens (tertiary/aromatic N) is 3. The van der Waals surface area contributed by atoms with Crippen molar-refractivity contribution in [2.24, 2.45) is 0 Å². The molecule has 1 aliphatic heterocycles. The van der Waals surface area contributed by atoms with E-state index in [-0.39, 0.29) is 29.6 Å². The zero-order chi connectivity index (χ0) is 22.0. The summed E-state index contributed by atoms with van der Waals surface area (Å²) in [5.41, 5.74) is 1.58. The highest BCUT2D eigenvalue weighted by atomic mass is 35.5. The monoisotopic (exact) mass is 446 g/mol. The van der Waals surface area contributed by atoms with E-state index in [1.807, 2.05) is 45.0 Å². The Labute approximate surface area is 185 Å². The van der Waals surface area contributed by atoms with Gasteiger partial charge in [-0.3, -0.25) is 5.32 Å². The number of halogens is 1. The number of alkyl halides is 1. The third-order valence-electron chi connectivity index (χ3n) is 5.21. The molecule has 4 rings (SSSR count). The predicted octanol–water partition coefficient (Wildman–Crippen LogP) is 3.88. The molecule has 166 valence electrons. The van der Waals surface area contributed by atoms with E-state index in [1.165, 1.54) is 4.73 Å². The van der Waals surface area contributed by atoms with Crippen LogP contribution in [0.15, 0.2) is 35.0 Å². The summed E-state index contributed by atoms with van der Waals surface area (Å²) in [6, 6.07) is 7.57. The number of fused-ring (bicyclic) bond motifs is 1. The van der Waals surface area contributed by atoms with E-state index in [4.69, 9.17) is 25.7 Å². The van der Waals surface area contributed by atoms with Gasteiger partial charge in [-0.25, -0.2) is 4.79 Å². The maximum Gasteiger partial charge on any atom is 0.332 e. The highest BCUT2D eigenvalue weighted by Gasteiger charge is 2.33. The Kier molecular flexibility index (Phi) is 6.60. The number of carbonyl (C=O) groups excluding carboxylic acids is 1. The molecule has 0 saturated carbocycles. The number of carbonyl (C=O) groups is 1. The zero-order valence-electron chi connectivity index (χ0n) is 17.9. The van der Waals surface area contributed by atoms with Gasteiger partial charge in [0.05, 0.1) is 22.9 Å². The molecule has 8 nitrogen and oxygen atoms in total. The van der Waals surface area contributed by atoms with Gasteiger partial charge in [-0.1, -0.05) is 24.2 Å². The molecular weight excluding hydrogens is 420 g/mol. The second-order valence-electron chi connectivity index (χ2n) is 8.01. The third kappa shape index (κ3) is 4.76. The maximum atomic E-state index is 11.9. The van der Waals surface area contributed by atoms with Crippen molar-refractivity contribution in [3.63, 3.8) is 0 Å². The first-order chi connectivity index (χ1) is 15.0. The average molecular weight is 447 g/mol. The molecule has 2 aromatic heterocycles. The molecule has 0 bridgehead atoms. The van der Waals surface area contributed by atoms with Crippen molar-refractivity contribution >= 4 is 28.5 Å². The number of ether oxygens (including phenoxy) is 1. The number of rotatable bonds is 7. The first kappa shape index (κ1) is 21.8. The van der Waals surface area contributed by atoms with Crippen molar-refractivity contribution in [2.45, 2.75) is 63.7 Å². The largest absolute Gasteiger partial charge is 0.359 e. The molecule has 0 aliphatic carbocycles. The van der Waals surface area contributed by atoms with Crippen molar-refractivity contribution in [3.05, 3.63) is 36.4 Å². The number of piperidine rings is 1. The van der Waals surface area contributed by atoms with Crippen LogP contribution in [0.5, 0.6) is 0 Å². The lowest BCUT2D eigenvalue weighted by Gasteiger charge is -2.33. The Morgan fingerprint density at radius 3 is 2.97 bits per heavy atom. The van der Waals surface area contributed by atoms with E-state index >= 15 is 0 Å². The van der Waals surface area contributed by atoms with Gasteiger partial charge in [0, 0.05) is 30.1 Å². The molecule has 1 fully saturated rings. The van der Waals surface area contributed by atoms with Crippen molar-refractivity contribution in [1.29, 1.82) is 0 Å². The predicted molar refractivity (Wildman–Crippen MR) is 117 cm³/mol. The third-order valence-corrected chi connectivity index (χ3v) is 5.61. The van der Waals surface area contributed by atoms with Gasteiger partial charge in [0.25, 0.3) is 0 Å². The molecule has 9 heteroatoms. The molecule has 0 radical (unpaired) electrons. The average Bonchev–Trinajstić information content (AvgIpc) is 3.37. The van der Waals surface area contributed by atoms with Crippen LogP contribution in [0.4, 0.5) is 0 Å². The summed E-state index contributed by atoms with van der Waals surface area (Å²) in [4.78, 5) is 22.0. The molecule has 0 spiro atoms. The first-order valence-corrected chi connectivity index (χ1v) is 11.1. The number of hydrogen-bond acceptors (Lipinski definition) is 7. The first-order valence-electron chi connectivity index (χ1n) is 10.6. The molecule has 1 aromatic carbocycles. The lowest BCUT2D eigenvalue weighted by molar-refractivity contribution is -0.143. The molecule has 3 atom stereocenters. The van der Waals surface area contributed by atoms with Gasteiger partial charge < -0.3 is 14.1 Å². The van der Waals surface area contributed by atoms with Gasteiger partial charge in [-0.2, -0.15) is 9.71 Å². The summed E-state index contributed by atoms with van der Waals surface area (Å²) < 4.78 is 12.9. The van der Waals surface area contributed by atoms with Crippen molar-refractivity contribution in [3.8, 4) is 11.4 Å². The minimum Gasteiger partial charge on any atom is -0.359 e. The van der Waals surface area contributed by atoms with Crippen LogP contribution in [0.3, 0.4) is 0 Å². The van der Waals surface area contributed by atoms with Gasteiger partial charge in [-0.05, 0) is 38.8 Å². The van der Waals surface area contributed by atoms with Crippen molar-refractivity contribution in [1.82, 2.24) is 20.2 Å². The summed E-state index contributed by atoms with van der Waals surface area (Å²) in [6.45, 7) is 6.56. The Balaban J connectivity index is 1.53. The lowest BCUT2D eigenvalue weighted by atomic mass is 9.98. The molecule has 0 amide bonds. The minimum absolute atomic E-state index is 0.00885. The number of aromatic nitrogens is 3. The Bertz CT molecular complexity index is 1050. The van der Waals surface area contributed by atoms with Gasteiger partial charge in [0.15, 0.2) is 0 Å². The lowest BCUT2D eigenvalue weighted by Crippen LogP contribution is -2.48.